The van der Waals surface area contributed by atoms with Crippen LogP contribution in [0.15, 0.2) is 24.3 Å². The molecule has 27 heavy (non-hydrogen) atoms. The van der Waals surface area contributed by atoms with Crippen LogP contribution >= 0.6 is 11.8 Å². The van der Waals surface area contributed by atoms with E-state index >= 15 is 0 Å². The zero-order valence-electron chi connectivity index (χ0n) is 15.1. The van der Waals surface area contributed by atoms with Gasteiger partial charge in [0.15, 0.2) is 0 Å². The summed E-state index contributed by atoms with van der Waals surface area (Å²) in [5.41, 5.74) is 0.226. The zero-order valence-corrected chi connectivity index (χ0v) is 15.9. The molecule has 1 aromatic heterocycles. The van der Waals surface area contributed by atoms with E-state index in [4.69, 9.17) is 5.11 Å². The van der Waals surface area contributed by atoms with Crippen LogP contribution in [0.3, 0.4) is 0 Å². The number of rotatable bonds is 5. The van der Waals surface area contributed by atoms with Crippen molar-refractivity contribution < 1.29 is 19.1 Å². The number of aromatic nitrogens is 3. The topological polar surface area (TPSA) is 88.3 Å². The van der Waals surface area contributed by atoms with Crippen LogP contribution in [0.1, 0.15) is 42.6 Å². The van der Waals surface area contributed by atoms with Crippen molar-refractivity contribution in [3.8, 4) is 5.69 Å². The van der Waals surface area contributed by atoms with E-state index in [1.807, 2.05) is 13.8 Å². The number of halogens is 1. The molecule has 0 saturated carbocycles. The molecule has 0 spiro atoms. The van der Waals surface area contributed by atoms with Crippen molar-refractivity contribution >= 4 is 23.6 Å². The van der Waals surface area contributed by atoms with Crippen molar-refractivity contribution in [2.24, 2.45) is 0 Å². The number of nitrogens with zero attached hydrogens (tertiary/aromatic N) is 4. The first-order valence-corrected chi connectivity index (χ1v) is 9.86. The van der Waals surface area contributed by atoms with Crippen LogP contribution < -0.4 is 0 Å². The van der Waals surface area contributed by atoms with Crippen LogP contribution in [0.4, 0.5) is 4.39 Å². The lowest BCUT2D eigenvalue weighted by Crippen LogP contribution is -2.47. The molecule has 2 heterocycles. The number of carboxylic acids is 1. The largest absolute Gasteiger partial charge is 0.481 e. The van der Waals surface area contributed by atoms with Gasteiger partial charge in [0, 0.05) is 24.0 Å². The smallest absolute Gasteiger partial charge is 0.305 e. The number of carbonyl (C=O) groups is 2. The lowest BCUT2D eigenvalue weighted by Gasteiger charge is -2.33. The van der Waals surface area contributed by atoms with Crippen LogP contribution in [0.25, 0.3) is 5.69 Å². The summed E-state index contributed by atoms with van der Waals surface area (Å²) in [6.45, 7) is 4.22. The maximum Gasteiger partial charge on any atom is 0.305 e. The average Bonchev–Trinajstić information content (AvgIpc) is 3.07. The number of para-hydroxylation sites is 1. The van der Waals surface area contributed by atoms with Crippen LogP contribution in [0.5, 0.6) is 0 Å². The number of amides is 1. The van der Waals surface area contributed by atoms with Gasteiger partial charge in [0.05, 0.1) is 12.5 Å². The third kappa shape index (κ3) is 4.13. The molecule has 1 atom stereocenters. The van der Waals surface area contributed by atoms with Crippen molar-refractivity contribution in [2.75, 3.05) is 18.1 Å². The second-order valence-electron chi connectivity index (χ2n) is 6.64. The SMILES string of the molecule is CC(C)c1nc(C(=O)N2CCSCC2CC(=O)O)nn1-c1ccccc1F. The van der Waals surface area contributed by atoms with Gasteiger partial charge in [-0.05, 0) is 12.1 Å². The molecule has 7 nitrogen and oxygen atoms in total. The van der Waals surface area contributed by atoms with E-state index in [-0.39, 0.29) is 23.9 Å². The van der Waals surface area contributed by atoms with Gasteiger partial charge in [-0.15, -0.1) is 5.10 Å². The van der Waals surface area contributed by atoms with Crippen LogP contribution in [-0.4, -0.2) is 60.7 Å². The molecule has 1 fully saturated rings. The summed E-state index contributed by atoms with van der Waals surface area (Å²) in [5, 5.41) is 13.4. The average molecular weight is 392 g/mol. The molecule has 1 aliphatic heterocycles. The van der Waals surface area contributed by atoms with Gasteiger partial charge >= 0.3 is 5.97 Å². The van der Waals surface area contributed by atoms with E-state index in [9.17, 15) is 14.0 Å². The van der Waals surface area contributed by atoms with Crippen molar-refractivity contribution in [3.63, 3.8) is 0 Å². The highest BCUT2D eigenvalue weighted by atomic mass is 32.2. The second-order valence-corrected chi connectivity index (χ2v) is 7.79. The van der Waals surface area contributed by atoms with Gasteiger partial charge in [-0.2, -0.15) is 11.8 Å². The Bertz CT molecular complexity index is 855. The van der Waals surface area contributed by atoms with E-state index in [1.165, 1.54) is 15.6 Å². The number of carbonyl (C=O) groups excluding carboxylic acids is 1. The molecule has 1 aromatic carbocycles. The molecule has 2 aromatic rings. The normalized spacial score (nSPS) is 17.3. The fraction of sp³-hybridized carbons (Fsp3) is 0.444. The van der Waals surface area contributed by atoms with Crippen molar-refractivity contribution in [1.29, 1.82) is 0 Å². The maximum atomic E-state index is 14.2. The highest BCUT2D eigenvalue weighted by molar-refractivity contribution is 7.99. The van der Waals surface area contributed by atoms with Crippen molar-refractivity contribution in [1.82, 2.24) is 19.7 Å². The van der Waals surface area contributed by atoms with Crippen molar-refractivity contribution in [2.45, 2.75) is 32.2 Å². The summed E-state index contributed by atoms with van der Waals surface area (Å²) in [7, 11) is 0. The van der Waals surface area contributed by atoms with Gasteiger partial charge in [-0.1, -0.05) is 26.0 Å². The molecule has 1 amide bonds. The highest BCUT2D eigenvalue weighted by Crippen LogP contribution is 2.23. The van der Waals surface area contributed by atoms with Gasteiger partial charge in [0.25, 0.3) is 5.91 Å². The summed E-state index contributed by atoms with van der Waals surface area (Å²) in [5.74, 6) is -0.178. The first-order chi connectivity index (χ1) is 12.9. The number of hydrogen-bond acceptors (Lipinski definition) is 5. The van der Waals surface area contributed by atoms with E-state index in [0.717, 1.165) is 5.75 Å². The summed E-state index contributed by atoms with van der Waals surface area (Å²) < 4.78 is 15.6. The van der Waals surface area contributed by atoms with Crippen LogP contribution in [-0.2, 0) is 4.79 Å². The van der Waals surface area contributed by atoms with Crippen LogP contribution in [0, 0.1) is 5.82 Å². The van der Waals surface area contributed by atoms with E-state index in [2.05, 4.69) is 10.1 Å². The quantitative estimate of drug-likeness (QED) is 0.841. The van der Waals surface area contributed by atoms with E-state index in [1.54, 1.807) is 30.0 Å². The van der Waals surface area contributed by atoms with Gasteiger partial charge in [-0.25, -0.2) is 14.1 Å². The van der Waals surface area contributed by atoms with Crippen LogP contribution in [0.2, 0.25) is 0 Å². The van der Waals surface area contributed by atoms with E-state index < -0.39 is 23.7 Å². The minimum Gasteiger partial charge on any atom is -0.481 e. The summed E-state index contributed by atoms with van der Waals surface area (Å²) in [6, 6.07) is 5.77. The summed E-state index contributed by atoms with van der Waals surface area (Å²) >= 11 is 1.62. The lowest BCUT2D eigenvalue weighted by atomic mass is 10.2. The highest BCUT2D eigenvalue weighted by Gasteiger charge is 2.32. The Labute approximate surface area is 160 Å². The third-order valence-electron chi connectivity index (χ3n) is 4.32. The maximum absolute atomic E-state index is 14.2. The zero-order chi connectivity index (χ0) is 19.6. The Balaban J connectivity index is 1.97. The van der Waals surface area contributed by atoms with Gasteiger partial charge in [-0.3, -0.25) is 9.59 Å². The molecule has 3 rings (SSSR count). The molecule has 1 saturated heterocycles. The number of thioether (sulfide) groups is 1. The standard InChI is InChI=1S/C18H21FN4O3S/c1-11(2)17-20-16(21-23(17)14-6-4-3-5-13(14)19)18(26)22-7-8-27-10-12(22)9-15(24)25/h3-6,11-12H,7-10H2,1-2H3,(H,24,25). The lowest BCUT2D eigenvalue weighted by molar-refractivity contribution is -0.138. The molecule has 1 aliphatic rings. The molecule has 1 unspecified atom stereocenters. The Morgan fingerprint density at radius 1 is 1.37 bits per heavy atom. The molecule has 0 bridgehead atoms. The number of benzene rings is 1. The second kappa shape index (κ2) is 8.08. The summed E-state index contributed by atoms with van der Waals surface area (Å²) in [6.07, 6.45) is -0.121. The molecular formula is C18H21FN4O3S. The number of carboxylic acid groups (broad SMARTS) is 1. The fourth-order valence-corrected chi connectivity index (χ4v) is 4.07. The number of aliphatic carboxylic acids is 1. The monoisotopic (exact) mass is 392 g/mol. The predicted molar refractivity (Wildman–Crippen MR) is 99.8 cm³/mol. The third-order valence-corrected chi connectivity index (χ3v) is 5.41. The molecule has 9 heteroatoms. The van der Waals surface area contributed by atoms with Gasteiger partial charge < -0.3 is 10.0 Å². The summed E-state index contributed by atoms with van der Waals surface area (Å²) in [4.78, 5) is 30.0. The number of hydrogen-bond donors (Lipinski definition) is 1. The molecule has 1 N–H and O–H groups in total. The predicted octanol–water partition coefficient (Wildman–Crippen LogP) is 2.56. The molecular weight excluding hydrogens is 371 g/mol. The first kappa shape index (κ1) is 19.3. The fourth-order valence-electron chi connectivity index (χ4n) is 3.01. The first-order valence-electron chi connectivity index (χ1n) is 8.71. The van der Waals surface area contributed by atoms with Gasteiger partial charge in [0.1, 0.15) is 17.3 Å². The Kier molecular flexibility index (Phi) is 5.79. The minimum atomic E-state index is -0.951. The molecule has 144 valence electrons. The Morgan fingerprint density at radius 2 is 2.11 bits per heavy atom. The van der Waals surface area contributed by atoms with Crippen molar-refractivity contribution in [3.05, 3.63) is 41.7 Å². The van der Waals surface area contributed by atoms with Gasteiger partial charge in [0.2, 0.25) is 5.82 Å². The molecule has 0 radical (unpaired) electrons. The molecule has 0 aliphatic carbocycles. The van der Waals surface area contributed by atoms with E-state index in [0.29, 0.717) is 18.1 Å². The Hall–Kier alpha value is -2.42. The Morgan fingerprint density at radius 3 is 2.78 bits per heavy atom. The minimum absolute atomic E-state index is 0.0377.